The molecule has 2 aromatic rings. The molecule has 0 saturated carbocycles. The lowest BCUT2D eigenvalue weighted by Gasteiger charge is -2.38. The van der Waals surface area contributed by atoms with E-state index in [-0.39, 0.29) is 22.3 Å². The number of pyridine rings is 1. The number of carbonyl (C=O) groups is 1. The highest BCUT2D eigenvalue weighted by Gasteiger charge is 2.27. The summed E-state index contributed by atoms with van der Waals surface area (Å²) in [6.45, 7) is 4.01. The highest BCUT2D eigenvalue weighted by Crippen LogP contribution is 2.25. The zero-order valence-electron chi connectivity index (χ0n) is 14.1. The molecule has 2 heterocycles. The zero-order valence-corrected chi connectivity index (χ0v) is 15.6. The molecule has 8 heteroatoms. The van der Waals surface area contributed by atoms with Gasteiger partial charge in [0.05, 0.1) is 0 Å². The summed E-state index contributed by atoms with van der Waals surface area (Å²) in [5, 5.41) is 0.333. The van der Waals surface area contributed by atoms with E-state index in [4.69, 9.17) is 23.2 Å². The molecule has 1 fully saturated rings. The third kappa shape index (κ3) is 4.14. The molecule has 1 atom stereocenters. The van der Waals surface area contributed by atoms with E-state index in [0.29, 0.717) is 37.3 Å². The van der Waals surface area contributed by atoms with Crippen LogP contribution < -0.4 is 0 Å². The molecule has 3 rings (SSSR count). The Labute approximate surface area is 160 Å². The van der Waals surface area contributed by atoms with Crippen molar-refractivity contribution in [3.8, 4) is 0 Å². The molecule has 0 aliphatic carbocycles. The Bertz CT molecular complexity index is 806. The van der Waals surface area contributed by atoms with Crippen molar-refractivity contribution in [1.82, 2.24) is 14.8 Å². The fourth-order valence-corrected chi connectivity index (χ4v) is 3.58. The number of hydrogen-bond acceptors (Lipinski definition) is 3. The van der Waals surface area contributed by atoms with Gasteiger partial charge in [0.2, 0.25) is 0 Å². The van der Waals surface area contributed by atoms with Crippen molar-refractivity contribution in [2.24, 2.45) is 0 Å². The molecule has 0 spiro atoms. The molecule has 1 aromatic heterocycles. The van der Waals surface area contributed by atoms with Crippen molar-refractivity contribution in [1.29, 1.82) is 0 Å². The van der Waals surface area contributed by atoms with Crippen LogP contribution in [0.15, 0.2) is 30.3 Å². The molecular weight excluding hydrogens is 383 g/mol. The summed E-state index contributed by atoms with van der Waals surface area (Å²) in [4.78, 5) is 20.2. The van der Waals surface area contributed by atoms with E-state index in [2.05, 4.69) is 9.88 Å². The molecular formula is C18H17Cl2F2N3O. The Morgan fingerprint density at radius 2 is 1.69 bits per heavy atom. The summed E-state index contributed by atoms with van der Waals surface area (Å²) < 4.78 is 27.1. The first kappa shape index (κ1) is 19.0. The molecule has 4 nitrogen and oxygen atoms in total. The number of hydrogen-bond donors (Lipinski definition) is 0. The molecule has 26 heavy (non-hydrogen) atoms. The minimum Gasteiger partial charge on any atom is -0.336 e. The maximum Gasteiger partial charge on any atom is 0.254 e. The van der Waals surface area contributed by atoms with E-state index in [1.54, 1.807) is 4.90 Å². The van der Waals surface area contributed by atoms with Crippen LogP contribution in [0.1, 0.15) is 28.9 Å². The van der Waals surface area contributed by atoms with Crippen molar-refractivity contribution in [2.75, 3.05) is 26.2 Å². The number of rotatable bonds is 3. The number of carbonyl (C=O) groups excluding carboxylic acids is 1. The summed E-state index contributed by atoms with van der Waals surface area (Å²) in [6.07, 6.45) is 0. The number of aromatic nitrogens is 1. The lowest BCUT2D eigenvalue weighted by molar-refractivity contribution is 0.0579. The Balaban J connectivity index is 1.66. The van der Waals surface area contributed by atoms with Gasteiger partial charge in [0.25, 0.3) is 5.91 Å². The van der Waals surface area contributed by atoms with Crippen LogP contribution in [-0.2, 0) is 0 Å². The number of halogens is 4. The number of nitrogens with zero attached hydrogens (tertiary/aromatic N) is 3. The van der Waals surface area contributed by atoms with Gasteiger partial charge in [-0.2, -0.15) is 0 Å². The normalized spacial score (nSPS) is 16.6. The lowest BCUT2D eigenvalue weighted by atomic mass is 10.0. The maximum atomic E-state index is 14.0. The SMILES string of the molecule is CC(c1ccc(F)cc1F)N1CCN(C(=O)c2cc(Cl)nc(Cl)c2)CC1. The van der Waals surface area contributed by atoms with Crippen LogP contribution >= 0.6 is 23.2 Å². The monoisotopic (exact) mass is 399 g/mol. The van der Waals surface area contributed by atoms with Gasteiger partial charge in [-0.05, 0) is 25.1 Å². The average molecular weight is 400 g/mol. The second-order valence-corrected chi connectivity index (χ2v) is 6.95. The smallest absolute Gasteiger partial charge is 0.254 e. The van der Waals surface area contributed by atoms with Gasteiger partial charge >= 0.3 is 0 Å². The van der Waals surface area contributed by atoms with E-state index < -0.39 is 11.6 Å². The highest BCUT2D eigenvalue weighted by molar-refractivity contribution is 6.33. The molecule has 1 aliphatic heterocycles. The van der Waals surface area contributed by atoms with Crippen LogP contribution in [0.2, 0.25) is 10.3 Å². The number of amides is 1. The fourth-order valence-electron chi connectivity index (χ4n) is 3.12. The highest BCUT2D eigenvalue weighted by atomic mass is 35.5. The minimum absolute atomic E-state index is 0.167. The van der Waals surface area contributed by atoms with E-state index in [0.717, 1.165) is 6.07 Å². The van der Waals surface area contributed by atoms with E-state index >= 15 is 0 Å². The van der Waals surface area contributed by atoms with E-state index in [1.807, 2.05) is 6.92 Å². The Kier molecular flexibility index (Phi) is 5.75. The topological polar surface area (TPSA) is 36.4 Å². The average Bonchev–Trinajstić information content (AvgIpc) is 2.60. The lowest BCUT2D eigenvalue weighted by Crippen LogP contribution is -2.49. The largest absolute Gasteiger partial charge is 0.336 e. The standard InChI is InChI=1S/C18H17Cl2F2N3O/c1-11(14-3-2-13(21)10-15(14)22)24-4-6-25(7-5-24)18(26)12-8-16(19)23-17(20)9-12/h2-3,8-11H,4-7H2,1H3. The van der Waals surface area contributed by atoms with Gasteiger partial charge in [0.1, 0.15) is 21.9 Å². The maximum absolute atomic E-state index is 14.0. The summed E-state index contributed by atoms with van der Waals surface area (Å²) in [7, 11) is 0. The van der Waals surface area contributed by atoms with Gasteiger partial charge in [0, 0.05) is 49.4 Å². The Morgan fingerprint density at radius 3 is 2.27 bits per heavy atom. The molecule has 0 N–H and O–H groups in total. The van der Waals surface area contributed by atoms with Crippen molar-refractivity contribution in [2.45, 2.75) is 13.0 Å². The first-order valence-corrected chi connectivity index (χ1v) is 8.92. The summed E-state index contributed by atoms with van der Waals surface area (Å²) >= 11 is 11.7. The van der Waals surface area contributed by atoms with E-state index in [9.17, 15) is 13.6 Å². The second kappa shape index (κ2) is 7.86. The van der Waals surface area contributed by atoms with Crippen molar-refractivity contribution < 1.29 is 13.6 Å². The molecule has 1 amide bonds. The van der Waals surface area contributed by atoms with Crippen molar-refractivity contribution in [3.05, 3.63) is 63.4 Å². The number of piperazine rings is 1. The molecule has 0 radical (unpaired) electrons. The minimum atomic E-state index is -0.594. The van der Waals surface area contributed by atoms with Crippen LogP contribution in [0.5, 0.6) is 0 Å². The van der Waals surface area contributed by atoms with E-state index in [1.165, 1.54) is 24.3 Å². The first-order chi connectivity index (χ1) is 12.3. The molecule has 1 aliphatic rings. The van der Waals surface area contributed by atoms with Crippen LogP contribution in [-0.4, -0.2) is 46.9 Å². The molecule has 0 bridgehead atoms. The van der Waals surface area contributed by atoms with Gasteiger partial charge in [-0.15, -0.1) is 0 Å². The molecule has 1 aromatic carbocycles. The number of benzene rings is 1. The summed E-state index contributed by atoms with van der Waals surface area (Å²) in [5.41, 5.74) is 0.833. The Morgan fingerprint density at radius 1 is 1.08 bits per heavy atom. The van der Waals surface area contributed by atoms with Gasteiger partial charge in [-0.1, -0.05) is 29.3 Å². The first-order valence-electron chi connectivity index (χ1n) is 8.16. The van der Waals surface area contributed by atoms with Gasteiger partial charge in [-0.25, -0.2) is 13.8 Å². The quantitative estimate of drug-likeness (QED) is 0.726. The molecule has 1 saturated heterocycles. The second-order valence-electron chi connectivity index (χ2n) is 6.17. The van der Waals surface area contributed by atoms with Crippen LogP contribution in [0.3, 0.4) is 0 Å². The predicted octanol–water partition coefficient (Wildman–Crippen LogP) is 4.19. The van der Waals surface area contributed by atoms with Gasteiger partial charge in [0.15, 0.2) is 0 Å². The molecule has 1 unspecified atom stereocenters. The zero-order chi connectivity index (χ0) is 18.8. The van der Waals surface area contributed by atoms with Crippen LogP contribution in [0.25, 0.3) is 0 Å². The summed E-state index contributed by atoms with van der Waals surface area (Å²) in [5.74, 6) is -1.32. The van der Waals surface area contributed by atoms with Gasteiger partial charge < -0.3 is 4.90 Å². The van der Waals surface area contributed by atoms with Crippen LogP contribution in [0, 0.1) is 11.6 Å². The Hall–Kier alpha value is -1.76. The third-order valence-electron chi connectivity index (χ3n) is 4.57. The third-order valence-corrected chi connectivity index (χ3v) is 4.96. The summed E-state index contributed by atoms with van der Waals surface area (Å²) in [6, 6.07) is 6.37. The van der Waals surface area contributed by atoms with Gasteiger partial charge in [-0.3, -0.25) is 9.69 Å². The van der Waals surface area contributed by atoms with Crippen molar-refractivity contribution >= 4 is 29.1 Å². The van der Waals surface area contributed by atoms with Crippen molar-refractivity contribution in [3.63, 3.8) is 0 Å². The molecule has 138 valence electrons. The predicted molar refractivity (Wildman–Crippen MR) is 96.5 cm³/mol. The fraction of sp³-hybridized carbons (Fsp3) is 0.333. The van der Waals surface area contributed by atoms with Crippen LogP contribution in [0.4, 0.5) is 8.78 Å².